The van der Waals surface area contributed by atoms with Crippen molar-refractivity contribution >= 4 is 5.78 Å². The average Bonchev–Trinajstić information content (AvgIpc) is 2.39. The van der Waals surface area contributed by atoms with Crippen molar-refractivity contribution in [2.24, 2.45) is 5.92 Å². The van der Waals surface area contributed by atoms with Crippen molar-refractivity contribution < 1.29 is 9.53 Å². The molecule has 0 N–H and O–H groups in total. The number of hydrogen-bond donors (Lipinski definition) is 0. The number of ketones is 1. The molecule has 0 unspecified atom stereocenters. The normalized spacial score (nSPS) is 17.3. The molecule has 0 spiro atoms. The lowest BCUT2D eigenvalue weighted by Crippen LogP contribution is -2.23. The van der Waals surface area contributed by atoms with E-state index in [9.17, 15) is 4.79 Å². The highest BCUT2D eigenvalue weighted by Gasteiger charge is 2.22. The molecule has 2 nitrogen and oxygen atoms in total. The molecule has 1 aromatic rings. The van der Waals surface area contributed by atoms with Crippen LogP contribution < -0.4 is 0 Å². The summed E-state index contributed by atoms with van der Waals surface area (Å²) in [5.41, 5.74) is 2.13. The van der Waals surface area contributed by atoms with Gasteiger partial charge in [-0.1, -0.05) is 31.2 Å². The van der Waals surface area contributed by atoms with Gasteiger partial charge in [-0.2, -0.15) is 0 Å². The molecule has 1 fully saturated rings. The Bertz CT molecular complexity index is 348. The van der Waals surface area contributed by atoms with Crippen molar-refractivity contribution in [2.45, 2.75) is 26.2 Å². The first-order chi connectivity index (χ1) is 7.81. The van der Waals surface area contributed by atoms with Crippen molar-refractivity contribution in [1.29, 1.82) is 0 Å². The Morgan fingerprint density at radius 2 is 1.88 bits per heavy atom. The molecular formula is C14H18O2. The maximum atomic E-state index is 12.1. The highest BCUT2D eigenvalue weighted by Crippen LogP contribution is 2.20. The largest absolute Gasteiger partial charge is 0.381 e. The van der Waals surface area contributed by atoms with E-state index < -0.39 is 0 Å². The fourth-order valence-corrected chi connectivity index (χ4v) is 2.10. The Balaban J connectivity index is 2.07. The molecule has 0 bridgehead atoms. The third-order valence-electron chi connectivity index (χ3n) is 3.24. The fourth-order valence-electron chi connectivity index (χ4n) is 2.10. The number of aryl methyl sites for hydroxylation is 1. The molecule has 0 amide bonds. The summed E-state index contributed by atoms with van der Waals surface area (Å²) in [4.78, 5) is 12.1. The third kappa shape index (κ3) is 2.50. The van der Waals surface area contributed by atoms with E-state index in [1.807, 2.05) is 24.3 Å². The first kappa shape index (κ1) is 11.3. The molecule has 86 valence electrons. The van der Waals surface area contributed by atoms with Gasteiger partial charge < -0.3 is 4.74 Å². The van der Waals surface area contributed by atoms with Crippen LogP contribution in [-0.2, 0) is 11.2 Å². The van der Waals surface area contributed by atoms with Gasteiger partial charge in [-0.3, -0.25) is 4.79 Å². The number of carbonyl (C=O) groups is 1. The van der Waals surface area contributed by atoms with E-state index in [2.05, 4.69) is 6.92 Å². The Morgan fingerprint density at radius 1 is 1.25 bits per heavy atom. The van der Waals surface area contributed by atoms with Gasteiger partial charge in [0.1, 0.15) is 0 Å². The number of benzene rings is 1. The molecule has 0 aromatic heterocycles. The smallest absolute Gasteiger partial charge is 0.166 e. The number of Topliss-reactive ketones (excluding diaryl/α,β-unsaturated/α-hetero) is 1. The van der Waals surface area contributed by atoms with Crippen LogP contribution in [0.2, 0.25) is 0 Å². The molecule has 1 saturated heterocycles. The van der Waals surface area contributed by atoms with Crippen molar-refractivity contribution in [1.82, 2.24) is 0 Å². The van der Waals surface area contributed by atoms with Gasteiger partial charge in [0.05, 0.1) is 0 Å². The number of hydrogen-bond acceptors (Lipinski definition) is 2. The zero-order chi connectivity index (χ0) is 11.4. The summed E-state index contributed by atoms with van der Waals surface area (Å²) in [7, 11) is 0. The zero-order valence-corrected chi connectivity index (χ0v) is 9.74. The molecule has 1 aliphatic rings. The van der Waals surface area contributed by atoms with Crippen LogP contribution in [0.4, 0.5) is 0 Å². The Morgan fingerprint density at radius 3 is 2.44 bits per heavy atom. The van der Waals surface area contributed by atoms with E-state index in [-0.39, 0.29) is 11.7 Å². The van der Waals surface area contributed by atoms with Gasteiger partial charge in [0.25, 0.3) is 0 Å². The number of ether oxygens (including phenoxy) is 1. The van der Waals surface area contributed by atoms with Crippen molar-refractivity contribution in [3.63, 3.8) is 0 Å². The molecule has 0 saturated carbocycles. The van der Waals surface area contributed by atoms with Crippen LogP contribution in [0.1, 0.15) is 35.7 Å². The van der Waals surface area contributed by atoms with Crippen molar-refractivity contribution in [2.75, 3.05) is 13.2 Å². The Hall–Kier alpha value is -1.15. The molecule has 1 heterocycles. The maximum absolute atomic E-state index is 12.1. The second kappa shape index (κ2) is 5.26. The summed E-state index contributed by atoms with van der Waals surface area (Å²) >= 11 is 0. The van der Waals surface area contributed by atoms with Crippen LogP contribution in [0.15, 0.2) is 24.3 Å². The van der Waals surface area contributed by atoms with Crippen LogP contribution in [0.3, 0.4) is 0 Å². The standard InChI is InChI=1S/C14H18O2/c1-2-11-3-5-12(6-4-11)14(15)13-7-9-16-10-8-13/h3-6,13H,2,7-10H2,1H3. The minimum Gasteiger partial charge on any atom is -0.381 e. The van der Waals surface area contributed by atoms with Crippen LogP contribution in [-0.4, -0.2) is 19.0 Å². The fraction of sp³-hybridized carbons (Fsp3) is 0.500. The van der Waals surface area contributed by atoms with Gasteiger partial charge in [0.2, 0.25) is 0 Å². The monoisotopic (exact) mass is 218 g/mol. The molecule has 16 heavy (non-hydrogen) atoms. The molecular weight excluding hydrogens is 200 g/mol. The van der Waals surface area contributed by atoms with Gasteiger partial charge in [-0.15, -0.1) is 0 Å². The molecule has 2 heteroatoms. The lowest BCUT2D eigenvalue weighted by atomic mass is 9.90. The SMILES string of the molecule is CCc1ccc(C(=O)C2CCOCC2)cc1. The lowest BCUT2D eigenvalue weighted by Gasteiger charge is -2.20. The topological polar surface area (TPSA) is 26.3 Å². The average molecular weight is 218 g/mol. The highest BCUT2D eigenvalue weighted by molar-refractivity contribution is 5.97. The molecule has 0 aliphatic carbocycles. The first-order valence-corrected chi connectivity index (χ1v) is 6.02. The van der Waals surface area contributed by atoms with Gasteiger partial charge in [-0.05, 0) is 24.8 Å². The second-order valence-corrected chi connectivity index (χ2v) is 4.30. The minimum atomic E-state index is 0.168. The molecule has 2 rings (SSSR count). The van der Waals surface area contributed by atoms with Crippen LogP contribution in [0, 0.1) is 5.92 Å². The summed E-state index contributed by atoms with van der Waals surface area (Å²) in [6.07, 6.45) is 2.76. The summed E-state index contributed by atoms with van der Waals surface area (Å²) in [5.74, 6) is 0.451. The van der Waals surface area contributed by atoms with E-state index in [1.165, 1.54) is 5.56 Å². The molecule has 1 aromatic carbocycles. The number of rotatable bonds is 3. The number of carbonyl (C=O) groups excluding carboxylic acids is 1. The summed E-state index contributed by atoms with van der Waals surface area (Å²) in [6, 6.07) is 8.01. The highest BCUT2D eigenvalue weighted by atomic mass is 16.5. The summed E-state index contributed by atoms with van der Waals surface area (Å²) in [5, 5.41) is 0. The van der Waals surface area contributed by atoms with Crippen LogP contribution >= 0.6 is 0 Å². The van der Waals surface area contributed by atoms with Crippen molar-refractivity contribution in [3.05, 3.63) is 35.4 Å². The molecule has 0 radical (unpaired) electrons. The zero-order valence-electron chi connectivity index (χ0n) is 9.74. The summed E-state index contributed by atoms with van der Waals surface area (Å²) in [6.45, 7) is 3.57. The maximum Gasteiger partial charge on any atom is 0.166 e. The Kier molecular flexibility index (Phi) is 3.73. The van der Waals surface area contributed by atoms with E-state index >= 15 is 0 Å². The van der Waals surface area contributed by atoms with E-state index in [0.29, 0.717) is 0 Å². The quantitative estimate of drug-likeness (QED) is 0.729. The summed E-state index contributed by atoms with van der Waals surface area (Å²) < 4.78 is 5.27. The predicted octanol–water partition coefficient (Wildman–Crippen LogP) is 2.86. The Labute approximate surface area is 96.6 Å². The van der Waals surface area contributed by atoms with Crippen LogP contribution in [0.5, 0.6) is 0 Å². The van der Waals surface area contributed by atoms with E-state index in [1.54, 1.807) is 0 Å². The van der Waals surface area contributed by atoms with Crippen molar-refractivity contribution in [3.8, 4) is 0 Å². The lowest BCUT2D eigenvalue weighted by molar-refractivity contribution is 0.0545. The van der Waals surface area contributed by atoms with Gasteiger partial charge in [0.15, 0.2) is 5.78 Å². The predicted molar refractivity (Wildman–Crippen MR) is 63.7 cm³/mol. The first-order valence-electron chi connectivity index (χ1n) is 6.02. The van der Waals surface area contributed by atoms with Gasteiger partial charge in [0, 0.05) is 24.7 Å². The third-order valence-corrected chi connectivity index (χ3v) is 3.24. The van der Waals surface area contributed by atoms with E-state index in [0.717, 1.165) is 38.0 Å². The molecule has 1 aliphatic heterocycles. The molecule has 0 atom stereocenters. The van der Waals surface area contributed by atoms with Gasteiger partial charge >= 0.3 is 0 Å². The van der Waals surface area contributed by atoms with Gasteiger partial charge in [-0.25, -0.2) is 0 Å². The van der Waals surface area contributed by atoms with Crippen LogP contribution in [0.25, 0.3) is 0 Å². The second-order valence-electron chi connectivity index (χ2n) is 4.30. The minimum absolute atomic E-state index is 0.168. The van der Waals surface area contributed by atoms with E-state index in [4.69, 9.17) is 4.74 Å².